The Morgan fingerprint density at radius 3 is 2.47 bits per heavy atom. The van der Waals surface area contributed by atoms with Crippen LogP contribution in [0.25, 0.3) is 6.08 Å². The molecule has 17 heavy (non-hydrogen) atoms. The first-order chi connectivity index (χ1) is 8.21. The molecule has 4 heteroatoms. The highest BCUT2D eigenvalue weighted by molar-refractivity contribution is 5.97. The predicted molar refractivity (Wildman–Crippen MR) is 61.4 cm³/mol. The van der Waals surface area contributed by atoms with Gasteiger partial charge in [-0.1, -0.05) is 12.1 Å². The Bertz CT molecular complexity index is 516. The largest absolute Gasteiger partial charge is 0.462 e. The van der Waals surface area contributed by atoms with Gasteiger partial charge >= 0.3 is 5.97 Å². The van der Waals surface area contributed by atoms with Gasteiger partial charge in [0, 0.05) is 0 Å². The number of nitriles is 2. The maximum absolute atomic E-state index is 11.3. The van der Waals surface area contributed by atoms with Crippen LogP contribution in [0.4, 0.5) is 0 Å². The minimum atomic E-state index is -0.639. The van der Waals surface area contributed by atoms with E-state index in [0.29, 0.717) is 11.1 Å². The number of hydrogen-bond acceptors (Lipinski definition) is 4. The molecular formula is C13H10N2O2. The summed E-state index contributed by atoms with van der Waals surface area (Å²) >= 11 is 0. The second-order valence-corrected chi connectivity index (χ2v) is 3.12. The third-order valence-electron chi connectivity index (χ3n) is 1.97. The highest BCUT2D eigenvalue weighted by atomic mass is 16.5. The molecule has 0 aliphatic carbocycles. The molecule has 4 nitrogen and oxygen atoms in total. The van der Waals surface area contributed by atoms with Crippen LogP contribution in [0.1, 0.15) is 18.1 Å². The topological polar surface area (TPSA) is 73.9 Å². The van der Waals surface area contributed by atoms with Gasteiger partial charge in [-0.25, -0.2) is 4.79 Å². The van der Waals surface area contributed by atoms with Crippen molar-refractivity contribution < 1.29 is 9.53 Å². The van der Waals surface area contributed by atoms with Gasteiger partial charge in [0.15, 0.2) is 0 Å². The van der Waals surface area contributed by atoms with Gasteiger partial charge in [0.2, 0.25) is 0 Å². The van der Waals surface area contributed by atoms with Crippen molar-refractivity contribution >= 4 is 12.0 Å². The summed E-state index contributed by atoms with van der Waals surface area (Å²) in [7, 11) is 0. The van der Waals surface area contributed by atoms with Crippen LogP contribution in [0.3, 0.4) is 0 Å². The molecule has 0 unspecified atom stereocenters. The van der Waals surface area contributed by atoms with Crippen molar-refractivity contribution in [3.05, 3.63) is 41.0 Å². The standard InChI is InChI=1S/C13H10N2O2/c1-2-17-13(16)12(9-15)7-10-3-5-11(8-14)6-4-10/h3-7H,2H2,1H3/b12-7-. The molecular weight excluding hydrogens is 216 g/mol. The fourth-order valence-corrected chi connectivity index (χ4v) is 1.17. The summed E-state index contributed by atoms with van der Waals surface area (Å²) in [6.07, 6.45) is 1.43. The van der Waals surface area contributed by atoms with Gasteiger partial charge in [-0.05, 0) is 30.7 Å². The van der Waals surface area contributed by atoms with Gasteiger partial charge in [0.1, 0.15) is 11.6 Å². The highest BCUT2D eigenvalue weighted by Crippen LogP contribution is 2.09. The second-order valence-electron chi connectivity index (χ2n) is 3.12. The number of carbonyl (C=O) groups excluding carboxylic acids is 1. The molecule has 0 bridgehead atoms. The molecule has 0 N–H and O–H groups in total. The second kappa shape index (κ2) is 6.09. The smallest absolute Gasteiger partial charge is 0.348 e. The van der Waals surface area contributed by atoms with Gasteiger partial charge in [-0.15, -0.1) is 0 Å². The maximum Gasteiger partial charge on any atom is 0.348 e. The lowest BCUT2D eigenvalue weighted by molar-refractivity contribution is -0.137. The van der Waals surface area contributed by atoms with Gasteiger partial charge < -0.3 is 4.74 Å². The summed E-state index contributed by atoms with van der Waals surface area (Å²) in [6, 6.07) is 10.3. The van der Waals surface area contributed by atoms with E-state index in [2.05, 4.69) is 0 Å². The molecule has 0 saturated heterocycles. The normalized spacial score (nSPS) is 10.2. The number of hydrogen-bond donors (Lipinski definition) is 0. The van der Waals surface area contributed by atoms with Crippen molar-refractivity contribution in [2.75, 3.05) is 6.61 Å². The van der Waals surface area contributed by atoms with Crippen molar-refractivity contribution in [2.24, 2.45) is 0 Å². The lowest BCUT2D eigenvalue weighted by Gasteiger charge is -1.99. The van der Waals surface area contributed by atoms with Crippen LogP contribution in [-0.2, 0) is 9.53 Å². The molecule has 0 radical (unpaired) electrons. The molecule has 0 spiro atoms. The number of nitrogens with zero attached hydrogens (tertiary/aromatic N) is 2. The van der Waals surface area contributed by atoms with E-state index < -0.39 is 5.97 Å². The molecule has 0 aliphatic rings. The zero-order valence-corrected chi connectivity index (χ0v) is 9.30. The van der Waals surface area contributed by atoms with Gasteiger partial charge in [-0.2, -0.15) is 10.5 Å². The molecule has 1 rings (SSSR count). The zero-order chi connectivity index (χ0) is 12.7. The van der Waals surface area contributed by atoms with Crippen molar-refractivity contribution in [1.82, 2.24) is 0 Å². The molecule has 1 aromatic rings. The first-order valence-electron chi connectivity index (χ1n) is 5.00. The van der Waals surface area contributed by atoms with Crippen LogP contribution in [-0.4, -0.2) is 12.6 Å². The molecule has 0 atom stereocenters. The lowest BCUT2D eigenvalue weighted by atomic mass is 10.1. The van der Waals surface area contributed by atoms with E-state index in [9.17, 15) is 4.79 Å². The fourth-order valence-electron chi connectivity index (χ4n) is 1.17. The number of benzene rings is 1. The van der Waals surface area contributed by atoms with Crippen LogP contribution < -0.4 is 0 Å². The molecule has 1 aromatic carbocycles. The maximum atomic E-state index is 11.3. The third kappa shape index (κ3) is 3.48. The number of rotatable bonds is 3. The van der Waals surface area contributed by atoms with Crippen molar-refractivity contribution in [3.63, 3.8) is 0 Å². The first-order valence-corrected chi connectivity index (χ1v) is 5.00. The molecule has 0 saturated carbocycles. The number of ether oxygens (including phenoxy) is 1. The van der Waals surface area contributed by atoms with Gasteiger partial charge in [0.05, 0.1) is 18.2 Å². The van der Waals surface area contributed by atoms with E-state index in [1.807, 2.05) is 6.07 Å². The van der Waals surface area contributed by atoms with E-state index in [4.69, 9.17) is 15.3 Å². The predicted octanol–water partition coefficient (Wildman–Crippen LogP) is 2.03. The Hall–Kier alpha value is -2.59. The summed E-state index contributed by atoms with van der Waals surface area (Å²) in [5.41, 5.74) is 1.14. The summed E-state index contributed by atoms with van der Waals surface area (Å²) in [4.78, 5) is 11.3. The van der Waals surface area contributed by atoms with Crippen molar-refractivity contribution in [1.29, 1.82) is 10.5 Å². The molecule has 0 amide bonds. The SMILES string of the molecule is CCOC(=O)/C(C#N)=C\c1ccc(C#N)cc1. The lowest BCUT2D eigenvalue weighted by Crippen LogP contribution is -2.05. The van der Waals surface area contributed by atoms with Crippen LogP contribution in [0.15, 0.2) is 29.8 Å². The number of esters is 1. The van der Waals surface area contributed by atoms with E-state index in [1.165, 1.54) is 6.08 Å². The molecule has 0 aliphatic heterocycles. The Kier molecular flexibility index (Phi) is 4.47. The average molecular weight is 226 g/mol. The van der Waals surface area contributed by atoms with E-state index in [1.54, 1.807) is 37.3 Å². The molecule has 0 aromatic heterocycles. The minimum absolute atomic E-state index is 0.0587. The Balaban J connectivity index is 2.96. The van der Waals surface area contributed by atoms with Gasteiger partial charge in [0.25, 0.3) is 0 Å². The summed E-state index contributed by atoms with van der Waals surface area (Å²) in [6.45, 7) is 1.90. The summed E-state index contributed by atoms with van der Waals surface area (Å²) < 4.78 is 4.73. The first kappa shape index (κ1) is 12.5. The van der Waals surface area contributed by atoms with Crippen LogP contribution in [0.2, 0.25) is 0 Å². The average Bonchev–Trinajstić information content (AvgIpc) is 2.37. The molecule has 0 fully saturated rings. The van der Waals surface area contributed by atoms with Crippen LogP contribution >= 0.6 is 0 Å². The molecule has 84 valence electrons. The zero-order valence-electron chi connectivity index (χ0n) is 9.30. The van der Waals surface area contributed by atoms with E-state index in [-0.39, 0.29) is 12.2 Å². The Labute approximate surface area is 99.4 Å². The fraction of sp³-hybridized carbons (Fsp3) is 0.154. The van der Waals surface area contributed by atoms with Crippen molar-refractivity contribution in [2.45, 2.75) is 6.92 Å². The number of carbonyl (C=O) groups is 1. The minimum Gasteiger partial charge on any atom is -0.462 e. The monoisotopic (exact) mass is 226 g/mol. The van der Waals surface area contributed by atoms with E-state index in [0.717, 1.165) is 0 Å². The van der Waals surface area contributed by atoms with E-state index >= 15 is 0 Å². The van der Waals surface area contributed by atoms with Crippen molar-refractivity contribution in [3.8, 4) is 12.1 Å². The highest BCUT2D eigenvalue weighted by Gasteiger charge is 2.09. The summed E-state index contributed by atoms with van der Waals surface area (Å²) in [5, 5.41) is 17.4. The molecule has 0 heterocycles. The summed E-state index contributed by atoms with van der Waals surface area (Å²) in [5.74, 6) is -0.639. The quantitative estimate of drug-likeness (QED) is 0.449. The Morgan fingerprint density at radius 1 is 1.35 bits per heavy atom. The third-order valence-corrected chi connectivity index (χ3v) is 1.97. The van der Waals surface area contributed by atoms with Crippen LogP contribution in [0.5, 0.6) is 0 Å². The van der Waals surface area contributed by atoms with Gasteiger partial charge in [-0.3, -0.25) is 0 Å². The van der Waals surface area contributed by atoms with Crippen LogP contribution in [0, 0.1) is 22.7 Å². The Morgan fingerprint density at radius 2 is 2.00 bits per heavy atom.